The summed E-state index contributed by atoms with van der Waals surface area (Å²) < 4.78 is 10.7. The molecule has 7 nitrogen and oxygen atoms in total. The van der Waals surface area contributed by atoms with E-state index in [1.54, 1.807) is 19.2 Å². The van der Waals surface area contributed by atoms with Crippen molar-refractivity contribution in [1.29, 1.82) is 0 Å². The van der Waals surface area contributed by atoms with E-state index in [0.717, 1.165) is 44.2 Å². The molecule has 0 saturated carbocycles. The highest BCUT2D eigenvalue weighted by molar-refractivity contribution is 5.92. The van der Waals surface area contributed by atoms with Crippen LogP contribution in [0.15, 0.2) is 29.3 Å². The molecule has 3 N–H and O–H groups in total. The Kier molecular flexibility index (Phi) is 8.37. The third-order valence-corrected chi connectivity index (χ3v) is 4.33. The first-order valence-electron chi connectivity index (χ1n) is 9.12. The molecule has 1 amide bonds. The summed E-state index contributed by atoms with van der Waals surface area (Å²) in [7, 11) is 1.68. The number of benzene rings is 1. The lowest BCUT2D eigenvalue weighted by Gasteiger charge is -2.21. The highest BCUT2D eigenvalue weighted by atomic mass is 16.5. The van der Waals surface area contributed by atoms with E-state index >= 15 is 0 Å². The molecule has 1 saturated heterocycles. The largest absolute Gasteiger partial charge is 0.382 e. The molecule has 0 radical (unpaired) electrons. The standard InChI is InChI=1S/C19H30N4O3/c1-3-21-19(22-12-15-5-4-6-17(11-15)18(20)24)23-8-7-16(13-23)14-26-10-9-25-2/h4-6,11,16H,3,7-10,12-14H2,1-2H3,(H2,20,24)(H,21,22). The van der Waals surface area contributed by atoms with Crippen LogP contribution in [0.2, 0.25) is 0 Å². The van der Waals surface area contributed by atoms with Gasteiger partial charge in [-0.25, -0.2) is 4.99 Å². The lowest BCUT2D eigenvalue weighted by atomic mass is 10.1. The first kappa shape index (κ1) is 20.2. The minimum absolute atomic E-state index is 0.418. The number of nitrogens with one attached hydrogen (secondary N) is 1. The number of nitrogens with two attached hydrogens (primary N) is 1. The lowest BCUT2D eigenvalue weighted by molar-refractivity contribution is 0.0536. The van der Waals surface area contributed by atoms with Gasteiger partial charge in [-0.05, 0) is 31.0 Å². The first-order chi connectivity index (χ1) is 12.6. The number of amides is 1. The van der Waals surface area contributed by atoms with Gasteiger partial charge in [0.05, 0.1) is 26.4 Å². The van der Waals surface area contributed by atoms with E-state index in [4.69, 9.17) is 20.2 Å². The van der Waals surface area contributed by atoms with E-state index in [-0.39, 0.29) is 0 Å². The van der Waals surface area contributed by atoms with Crippen molar-refractivity contribution in [3.63, 3.8) is 0 Å². The molecular formula is C19H30N4O3. The van der Waals surface area contributed by atoms with Crippen molar-refractivity contribution in [3.8, 4) is 0 Å². The minimum Gasteiger partial charge on any atom is -0.382 e. The molecule has 1 heterocycles. The Morgan fingerprint density at radius 1 is 1.42 bits per heavy atom. The van der Waals surface area contributed by atoms with Gasteiger partial charge in [-0.1, -0.05) is 12.1 Å². The third-order valence-electron chi connectivity index (χ3n) is 4.33. The average molecular weight is 362 g/mol. The van der Waals surface area contributed by atoms with Crippen LogP contribution in [0, 0.1) is 5.92 Å². The fraction of sp³-hybridized carbons (Fsp3) is 0.579. The summed E-state index contributed by atoms with van der Waals surface area (Å²) in [5, 5.41) is 3.35. The van der Waals surface area contributed by atoms with Crippen molar-refractivity contribution in [1.82, 2.24) is 10.2 Å². The van der Waals surface area contributed by atoms with Crippen molar-refractivity contribution in [2.45, 2.75) is 19.9 Å². The summed E-state index contributed by atoms with van der Waals surface area (Å²) in [6, 6.07) is 7.30. The summed E-state index contributed by atoms with van der Waals surface area (Å²) in [6.07, 6.45) is 1.09. The van der Waals surface area contributed by atoms with Gasteiger partial charge in [0.25, 0.3) is 0 Å². The van der Waals surface area contributed by atoms with Crippen molar-refractivity contribution >= 4 is 11.9 Å². The summed E-state index contributed by atoms with van der Waals surface area (Å²) in [5.74, 6) is 0.990. The topological polar surface area (TPSA) is 89.2 Å². The second-order valence-electron chi connectivity index (χ2n) is 6.40. The van der Waals surface area contributed by atoms with Gasteiger partial charge in [-0.15, -0.1) is 0 Å². The zero-order valence-electron chi connectivity index (χ0n) is 15.7. The highest BCUT2D eigenvalue weighted by Crippen LogP contribution is 2.17. The van der Waals surface area contributed by atoms with Gasteiger partial charge in [0, 0.05) is 38.2 Å². The molecule has 1 aliphatic rings. The van der Waals surface area contributed by atoms with E-state index in [1.807, 2.05) is 12.1 Å². The predicted octanol–water partition coefficient (Wildman–Crippen LogP) is 1.24. The fourth-order valence-electron chi connectivity index (χ4n) is 2.97. The Morgan fingerprint density at radius 2 is 2.27 bits per heavy atom. The number of nitrogens with zero attached hydrogens (tertiary/aromatic N) is 2. The second-order valence-corrected chi connectivity index (χ2v) is 6.40. The number of hydrogen-bond acceptors (Lipinski definition) is 4. The maximum Gasteiger partial charge on any atom is 0.248 e. The van der Waals surface area contributed by atoms with Crippen molar-refractivity contribution < 1.29 is 14.3 Å². The van der Waals surface area contributed by atoms with Gasteiger partial charge in [0.2, 0.25) is 5.91 Å². The molecular weight excluding hydrogens is 332 g/mol. The highest BCUT2D eigenvalue weighted by Gasteiger charge is 2.24. The molecule has 7 heteroatoms. The molecule has 0 spiro atoms. The Labute approximate surface area is 155 Å². The average Bonchev–Trinajstić information content (AvgIpc) is 3.11. The van der Waals surface area contributed by atoms with Crippen molar-refractivity contribution in [2.75, 3.05) is 46.6 Å². The zero-order valence-corrected chi connectivity index (χ0v) is 15.7. The van der Waals surface area contributed by atoms with Gasteiger partial charge in [0.1, 0.15) is 0 Å². The third kappa shape index (κ3) is 6.31. The van der Waals surface area contributed by atoms with Crippen molar-refractivity contribution in [3.05, 3.63) is 35.4 Å². The van der Waals surface area contributed by atoms with Gasteiger partial charge in [-0.3, -0.25) is 4.79 Å². The van der Waals surface area contributed by atoms with Gasteiger partial charge in [-0.2, -0.15) is 0 Å². The molecule has 1 aliphatic heterocycles. The van der Waals surface area contributed by atoms with Crippen LogP contribution in [0.1, 0.15) is 29.3 Å². The number of primary amides is 1. The number of ether oxygens (including phenoxy) is 2. The second kappa shape index (κ2) is 10.8. The number of hydrogen-bond donors (Lipinski definition) is 2. The molecule has 1 atom stereocenters. The zero-order chi connectivity index (χ0) is 18.8. The smallest absolute Gasteiger partial charge is 0.248 e. The van der Waals surface area contributed by atoms with E-state index < -0.39 is 5.91 Å². The Balaban J connectivity index is 1.92. The maximum atomic E-state index is 11.3. The van der Waals surface area contributed by atoms with Crippen LogP contribution in [0.3, 0.4) is 0 Å². The van der Waals surface area contributed by atoms with E-state index in [9.17, 15) is 4.79 Å². The molecule has 26 heavy (non-hydrogen) atoms. The summed E-state index contributed by atoms with van der Waals surface area (Å²) in [6.45, 7) is 7.29. The van der Waals surface area contributed by atoms with Crippen LogP contribution in [-0.4, -0.2) is 63.3 Å². The van der Waals surface area contributed by atoms with Gasteiger partial charge in [0.15, 0.2) is 5.96 Å². The molecule has 1 fully saturated rings. The molecule has 1 unspecified atom stereocenters. The number of guanidine groups is 1. The van der Waals surface area contributed by atoms with Gasteiger partial charge >= 0.3 is 0 Å². The normalized spacial score (nSPS) is 17.5. The number of methoxy groups -OCH3 is 1. The van der Waals surface area contributed by atoms with Crippen molar-refractivity contribution in [2.24, 2.45) is 16.6 Å². The number of carbonyl (C=O) groups is 1. The number of aliphatic imine (C=N–C) groups is 1. The lowest BCUT2D eigenvalue weighted by Crippen LogP contribution is -2.40. The van der Waals surface area contributed by atoms with Gasteiger partial charge < -0.3 is 25.4 Å². The molecule has 1 aromatic carbocycles. The molecule has 0 aromatic heterocycles. The molecule has 0 bridgehead atoms. The molecule has 1 aromatic rings. The SMILES string of the molecule is CCNC(=NCc1cccc(C(N)=O)c1)N1CCC(COCCOC)C1. The predicted molar refractivity (Wildman–Crippen MR) is 102 cm³/mol. The number of rotatable bonds is 9. The molecule has 0 aliphatic carbocycles. The Bertz CT molecular complexity index is 606. The fourth-order valence-corrected chi connectivity index (χ4v) is 2.97. The van der Waals surface area contributed by atoms with Crippen LogP contribution >= 0.6 is 0 Å². The maximum absolute atomic E-state index is 11.3. The van der Waals surface area contributed by atoms with Crippen LogP contribution in [-0.2, 0) is 16.0 Å². The van der Waals surface area contributed by atoms with Crippen LogP contribution in [0.4, 0.5) is 0 Å². The first-order valence-corrected chi connectivity index (χ1v) is 9.12. The quantitative estimate of drug-likeness (QED) is 0.392. The summed E-state index contributed by atoms with van der Waals surface area (Å²) in [4.78, 5) is 18.3. The van der Waals surface area contributed by atoms with Crippen LogP contribution < -0.4 is 11.1 Å². The molecule has 2 rings (SSSR count). The van der Waals surface area contributed by atoms with E-state index in [2.05, 4.69) is 17.1 Å². The molecule has 144 valence electrons. The monoisotopic (exact) mass is 362 g/mol. The van der Waals surface area contributed by atoms with E-state index in [1.165, 1.54) is 0 Å². The summed E-state index contributed by atoms with van der Waals surface area (Å²) in [5.41, 5.74) is 6.82. The van der Waals surface area contributed by atoms with Crippen LogP contribution in [0.5, 0.6) is 0 Å². The number of likely N-dealkylation sites (tertiary alicyclic amines) is 1. The van der Waals surface area contributed by atoms with E-state index in [0.29, 0.717) is 31.2 Å². The van der Waals surface area contributed by atoms with Crippen LogP contribution in [0.25, 0.3) is 0 Å². The Morgan fingerprint density at radius 3 is 3.00 bits per heavy atom. The summed E-state index contributed by atoms with van der Waals surface area (Å²) >= 11 is 0. The number of carbonyl (C=O) groups excluding carboxylic acids is 1. The Hall–Kier alpha value is -2.12. The minimum atomic E-state index is -0.418.